The lowest BCUT2D eigenvalue weighted by atomic mass is 10.0. The first-order valence-electron chi connectivity index (χ1n) is 12.0. The molecule has 0 aliphatic heterocycles. The van der Waals surface area contributed by atoms with E-state index in [-0.39, 0.29) is 17.4 Å². The second kappa shape index (κ2) is 14.3. The summed E-state index contributed by atoms with van der Waals surface area (Å²) in [4.78, 5) is 17.5. The van der Waals surface area contributed by atoms with Crippen LogP contribution in [0.1, 0.15) is 15.9 Å². The van der Waals surface area contributed by atoms with Gasteiger partial charge in [-0.15, -0.1) is 10.2 Å². The van der Waals surface area contributed by atoms with Crippen LogP contribution < -0.4 is 18.6 Å². The molecule has 11 heteroatoms. The molecule has 0 unspecified atom stereocenters. The van der Waals surface area contributed by atoms with Crippen molar-refractivity contribution < 1.29 is 42.5 Å². The number of rotatable bonds is 7. The van der Waals surface area contributed by atoms with Crippen LogP contribution >= 0.6 is 23.4 Å². The van der Waals surface area contributed by atoms with E-state index in [9.17, 15) is 13.6 Å². The van der Waals surface area contributed by atoms with Gasteiger partial charge in [0.15, 0.2) is 20.5 Å². The highest BCUT2D eigenvalue weighted by atomic mass is 35.7. The molecular weight excluding hydrogens is 625 g/mol. The van der Waals surface area contributed by atoms with Gasteiger partial charge >= 0.3 is 0 Å². The lowest BCUT2D eigenvalue weighted by molar-refractivity contribution is -2.00. The Morgan fingerprint density at radius 2 is 1.10 bits per heavy atom. The molecule has 0 atom stereocenters. The molecule has 0 saturated carbocycles. The molecule has 0 radical (unpaired) electrons. The first kappa shape index (κ1) is 31.7. The first-order valence-corrected chi connectivity index (χ1v) is 15.7. The van der Waals surface area contributed by atoms with Crippen molar-refractivity contribution in [2.75, 3.05) is 0 Å². The fraction of sp³-hybridized carbons (Fsp3) is 0. The largest absolute Gasteiger partial charge is 0.289 e. The van der Waals surface area contributed by atoms with Gasteiger partial charge in [-0.3, -0.25) is 4.79 Å². The molecule has 0 heterocycles. The molecule has 0 aromatic heterocycles. The third-order valence-corrected chi connectivity index (χ3v) is 9.36. The minimum absolute atomic E-state index is 0.0722. The normalized spacial score (nSPS) is 11.1. The Kier molecular flexibility index (Phi) is 10.8. The smallest absolute Gasteiger partial charge is 0.193 e. The molecule has 0 N–H and O–H groups in total. The Hall–Kier alpha value is -3.25. The fourth-order valence-electron chi connectivity index (χ4n) is 3.80. The summed E-state index contributed by atoms with van der Waals surface area (Å²) in [7, 11) is -5.47. The molecule has 0 fully saturated rings. The molecule has 0 saturated heterocycles. The quantitative estimate of drug-likeness (QED) is 0.193. The van der Waals surface area contributed by atoms with Gasteiger partial charge in [0.05, 0.1) is 15.9 Å². The highest BCUT2D eigenvalue weighted by Crippen LogP contribution is 2.37. The summed E-state index contributed by atoms with van der Waals surface area (Å²) in [6.07, 6.45) is 0. The van der Waals surface area contributed by atoms with E-state index in [1.807, 2.05) is 48.5 Å². The monoisotopic (exact) mass is 644 g/mol. The van der Waals surface area contributed by atoms with Crippen LogP contribution in [0, 0.1) is 21.9 Å². The van der Waals surface area contributed by atoms with Gasteiger partial charge < -0.3 is 0 Å². The highest BCUT2D eigenvalue weighted by molar-refractivity contribution is 7.99. The van der Waals surface area contributed by atoms with Crippen LogP contribution in [0.3, 0.4) is 0 Å². The number of ketones is 1. The van der Waals surface area contributed by atoms with E-state index >= 15 is 0 Å². The zero-order valence-corrected chi connectivity index (χ0v) is 24.6. The van der Waals surface area contributed by atoms with Gasteiger partial charge in [-0.25, -0.2) is 27.4 Å². The SMILES string of the molecule is O=C(c1ccccc1)c1ccc(Sc2ccc([S+](c3ccc(F)cc3)c3ccc(F)cc3)cc2)c(Cl)c1.[O-][Cl+3]([O-])([O-])[O-]. The zero-order chi connectivity index (χ0) is 30.3. The highest BCUT2D eigenvalue weighted by Gasteiger charge is 2.29. The maximum atomic E-state index is 13.6. The lowest BCUT2D eigenvalue weighted by Crippen LogP contribution is -2.68. The first-order chi connectivity index (χ1) is 20.0. The van der Waals surface area contributed by atoms with Gasteiger partial charge in [0.2, 0.25) is 0 Å². The molecule has 214 valence electrons. The number of carbonyl (C=O) groups excluding carboxylic acids is 1. The molecule has 0 aliphatic carbocycles. The van der Waals surface area contributed by atoms with Gasteiger partial charge in [-0.2, -0.15) is 0 Å². The lowest BCUT2D eigenvalue weighted by Gasteiger charge is -2.17. The number of hydrogen-bond donors (Lipinski definition) is 0. The van der Waals surface area contributed by atoms with Crippen LogP contribution in [0.2, 0.25) is 5.02 Å². The fourth-order valence-corrected chi connectivity index (χ4v) is 6.96. The Morgan fingerprint density at radius 1 is 0.643 bits per heavy atom. The average Bonchev–Trinajstić information content (AvgIpc) is 2.96. The van der Waals surface area contributed by atoms with E-state index < -0.39 is 21.1 Å². The summed E-state index contributed by atoms with van der Waals surface area (Å²) >= 11 is 8.05. The van der Waals surface area contributed by atoms with Crippen LogP contribution in [-0.2, 0) is 10.9 Å². The molecule has 0 aliphatic rings. The summed E-state index contributed by atoms with van der Waals surface area (Å²) in [6, 6.07) is 35.4. The van der Waals surface area contributed by atoms with Crippen LogP contribution in [0.4, 0.5) is 8.78 Å². The molecule has 0 amide bonds. The van der Waals surface area contributed by atoms with Crippen molar-refractivity contribution >= 4 is 40.0 Å². The van der Waals surface area contributed by atoms with Crippen molar-refractivity contribution in [2.45, 2.75) is 24.5 Å². The van der Waals surface area contributed by atoms with E-state index in [0.717, 1.165) is 24.5 Å². The maximum Gasteiger partial charge on any atom is 0.193 e. The molecule has 5 rings (SSSR count). The van der Waals surface area contributed by atoms with Crippen molar-refractivity contribution in [2.24, 2.45) is 0 Å². The van der Waals surface area contributed by atoms with Crippen LogP contribution in [-0.4, -0.2) is 5.78 Å². The van der Waals surface area contributed by atoms with E-state index in [1.54, 1.807) is 48.5 Å². The zero-order valence-electron chi connectivity index (χ0n) is 21.4. The second-order valence-corrected chi connectivity index (χ2v) is 12.8. The summed E-state index contributed by atoms with van der Waals surface area (Å²) in [6.45, 7) is 0. The van der Waals surface area contributed by atoms with Gasteiger partial charge in [-0.1, -0.05) is 53.7 Å². The summed E-state index contributed by atoms with van der Waals surface area (Å²) in [5.41, 5.74) is 1.16. The summed E-state index contributed by atoms with van der Waals surface area (Å²) in [5, 5.41) is 0.508. The van der Waals surface area contributed by atoms with E-state index in [2.05, 4.69) is 0 Å². The van der Waals surface area contributed by atoms with Gasteiger partial charge in [0.25, 0.3) is 0 Å². The van der Waals surface area contributed by atoms with E-state index in [1.165, 1.54) is 36.0 Å². The summed E-state index contributed by atoms with van der Waals surface area (Å²) < 4.78 is 61.1. The molecule has 0 bridgehead atoms. The standard InChI is InChI=1S/C31H20ClF2OS2.ClHO4/c32-29-20-22(31(35)21-4-2-1-3-5-21)6-19-30(29)36-25-11-17-28(18-12-25)37(26-13-7-23(33)8-14-26)27-15-9-24(34)10-16-27;2-1(3,4)5/h1-20H;(H,2,3,4,5)/q+1;/p-1. The van der Waals surface area contributed by atoms with Crippen molar-refractivity contribution in [1.29, 1.82) is 0 Å². The van der Waals surface area contributed by atoms with Crippen molar-refractivity contribution in [1.82, 2.24) is 0 Å². The van der Waals surface area contributed by atoms with Gasteiger partial charge in [-0.05, 0) is 91.0 Å². The van der Waals surface area contributed by atoms with Crippen LogP contribution in [0.15, 0.2) is 146 Å². The molecule has 5 nitrogen and oxygen atoms in total. The maximum absolute atomic E-state index is 13.6. The molecular formula is C31H20Cl2F2O5S2. The molecule has 42 heavy (non-hydrogen) atoms. The number of benzene rings is 5. The van der Waals surface area contributed by atoms with E-state index in [4.69, 9.17) is 30.2 Å². The predicted molar refractivity (Wildman–Crippen MR) is 147 cm³/mol. The number of halogens is 4. The molecule has 5 aromatic carbocycles. The predicted octanol–water partition coefficient (Wildman–Crippen LogP) is 4.34. The number of carbonyl (C=O) groups is 1. The third-order valence-electron chi connectivity index (χ3n) is 5.62. The average molecular weight is 646 g/mol. The minimum Gasteiger partial charge on any atom is -0.289 e. The van der Waals surface area contributed by atoms with Gasteiger partial charge in [0.1, 0.15) is 11.6 Å². The second-order valence-electron chi connectivity index (χ2n) is 8.51. The van der Waals surface area contributed by atoms with Crippen molar-refractivity contribution in [3.05, 3.63) is 149 Å². The third kappa shape index (κ3) is 9.12. The molecule has 0 spiro atoms. The minimum atomic E-state index is -4.94. The van der Waals surface area contributed by atoms with E-state index in [0.29, 0.717) is 16.1 Å². The van der Waals surface area contributed by atoms with Crippen LogP contribution in [0.25, 0.3) is 0 Å². The Bertz CT molecular complexity index is 1580. The van der Waals surface area contributed by atoms with Crippen molar-refractivity contribution in [3.63, 3.8) is 0 Å². The van der Waals surface area contributed by atoms with Gasteiger partial charge in [0, 0.05) is 20.9 Å². The Morgan fingerprint density at radius 3 is 1.55 bits per heavy atom. The molecule has 5 aromatic rings. The topological polar surface area (TPSA) is 109 Å². The van der Waals surface area contributed by atoms with Crippen molar-refractivity contribution in [3.8, 4) is 0 Å². The summed E-state index contributed by atoms with van der Waals surface area (Å²) in [5.74, 6) is -0.671. The Balaban J connectivity index is 0.000000748. The van der Waals surface area contributed by atoms with Crippen LogP contribution in [0.5, 0.6) is 0 Å². The number of hydrogen-bond acceptors (Lipinski definition) is 6. The Labute approximate surface area is 255 Å².